The Labute approximate surface area is 184 Å². The minimum Gasteiger partial charge on any atom is -0.495 e. The number of alkyl halides is 3. The Morgan fingerprint density at radius 1 is 1.26 bits per heavy atom. The molecule has 1 aliphatic heterocycles. The highest BCUT2D eigenvalue weighted by Gasteiger charge is 2.46. The molecule has 0 bridgehead atoms. The second kappa shape index (κ2) is 8.51. The molecule has 3 atom stereocenters. The van der Waals surface area contributed by atoms with Gasteiger partial charge in [-0.3, -0.25) is 4.79 Å². The van der Waals surface area contributed by atoms with E-state index in [4.69, 9.17) is 21.1 Å². The van der Waals surface area contributed by atoms with Crippen LogP contribution in [0.2, 0.25) is 0 Å². The fourth-order valence-electron chi connectivity index (χ4n) is 4.83. The van der Waals surface area contributed by atoms with Crippen molar-refractivity contribution in [2.75, 3.05) is 38.3 Å². The average Bonchev–Trinajstić information content (AvgIpc) is 3.00. The Balaban J connectivity index is 1.54. The Bertz CT molecular complexity index is 935. The molecular weight excluding hydrogens is 431 g/mol. The largest absolute Gasteiger partial charge is 0.495 e. The first-order chi connectivity index (χ1) is 14.7. The molecule has 4 nitrogen and oxygen atoms in total. The highest BCUT2D eigenvalue weighted by molar-refractivity contribution is 6.30. The molecule has 3 unspecified atom stereocenters. The number of fused-ring (bicyclic) bond motifs is 1. The lowest BCUT2D eigenvalue weighted by Gasteiger charge is -2.30. The van der Waals surface area contributed by atoms with Crippen molar-refractivity contribution in [2.45, 2.75) is 25.9 Å². The zero-order valence-corrected chi connectivity index (χ0v) is 18.2. The van der Waals surface area contributed by atoms with Gasteiger partial charge in [0.1, 0.15) is 5.75 Å². The topological polar surface area (TPSA) is 38.8 Å². The molecule has 3 aliphatic rings. The summed E-state index contributed by atoms with van der Waals surface area (Å²) in [6.45, 7) is 4.29. The Morgan fingerprint density at radius 3 is 2.58 bits per heavy atom. The van der Waals surface area contributed by atoms with Crippen molar-refractivity contribution in [1.82, 2.24) is 0 Å². The van der Waals surface area contributed by atoms with Crippen LogP contribution >= 0.6 is 11.6 Å². The van der Waals surface area contributed by atoms with Crippen LogP contribution in [-0.4, -0.2) is 45.4 Å². The third kappa shape index (κ3) is 4.35. The van der Waals surface area contributed by atoms with Crippen LogP contribution in [-0.2, 0) is 11.2 Å². The molecule has 0 spiro atoms. The van der Waals surface area contributed by atoms with Gasteiger partial charge in [0.2, 0.25) is 0 Å². The first-order valence-corrected chi connectivity index (χ1v) is 10.8. The smallest absolute Gasteiger partial charge is 0.397 e. The van der Waals surface area contributed by atoms with Crippen LogP contribution in [0.15, 0.2) is 34.9 Å². The normalized spacial score (nSPS) is 26.5. The van der Waals surface area contributed by atoms with Crippen LogP contribution in [0.5, 0.6) is 5.75 Å². The number of ether oxygens (including phenoxy) is 2. The first kappa shape index (κ1) is 22.2. The van der Waals surface area contributed by atoms with Gasteiger partial charge < -0.3 is 14.4 Å². The molecule has 4 rings (SSSR count). The maximum Gasteiger partial charge on any atom is 0.397 e. The lowest BCUT2D eigenvalue weighted by molar-refractivity contribution is -0.170. The third-order valence-electron chi connectivity index (χ3n) is 6.32. The SMILES string of the molecule is COc1cc2c(cc1N1CCOCC1)CC(CC1=CC(C)C(C(F)(F)F)C(Cl)=C1)C2=O. The molecule has 0 saturated carbocycles. The van der Waals surface area contributed by atoms with E-state index in [1.165, 1.54) is 13.0 Å². The van der Waals surface area contributed by atoms with Gasteiger partial charge in [0.25, 0.3) is 0 Å². The number of anilines is 1. The van der Waals surface area contributed by atoms with Crippen LogP contribution in [0.1, 0.15) is 29.3 Å². The number of hydrogen-bond acceptors (Lipinski definition) is 4. The summed E-state index contributed by atoms with van der Waals surface area (Å²) in [6.07, 6.45) is -0.486. The predicted molar refractivity (Wildman–Crippen MR) is 113 cm³/mol. The number of carbonyl (C=O) groups is 1. The van der Waals surface area contributed by atoms with Gasteiger partial charge in [-0.1, -0.05) is 24.6 Å². The van der Waals surface area contributed by atoms with Gasteiger partial charge in [-0.15, -0.1) is 0 Å². The predicted octanol–water partition coefficient (Wildman–Crippen LogP) is 5.15. The van der Waals surface area contributed by atoms with E-state index < -0.39 is 18.0 Å². The van der Waals surface area contributed by atoms with Gasteiger partial charge >= 0.3 is 6.18 Å². The van der Waals surface area contributed by atoms with Crippen molar-refractivity contribution in [3.8, 4) is 5.75 Å². The maximum atomic E-state index is 13.2. The number of methoxy groups -OCH3 is 1. The fourth-order valence-corrected chi connectivity index (χ4v) is 5.30. The number of benzene rings is 1. The van der Waals surface area contributed by atoms with Crippen LogP contribution in [0.4, 0.5) is 18.9 Å². The molecule has 1 fully saturated rings. The number of rotatable bonds is 4. The van der Waals surface area contributed by atoms with Gasteiger partial charge in [0.05, 0.1) is 31.9 Å². The molecule has 1 aromatic carbocycles. The molecule has 1 aromatic rings. The van der Waals surface area contributed by atoms with Crippen molar-refractivity contribution in [3.63, 3.8) is 0 Å². The lowest BCUT2D eigenvalue weighted by Crippen LogP contribution is -2.36. The second-order valence-electron chi connectivity index (χ2n) is 8.40. The van der Waals surface area contributed by atoms with Gasteiger partial charge in [0.15, 0.2) is 5.78 Å². The van der Waals surface area contributed by atoms with Crippen LogP contribution < -0.4 is 9.64 Å². The monoisotopic (exact) mass is 455 g/mol. The van der Waals surface area contributed by atoms with Gasteiger partial charge in [-0.2, -0.15) is 13.2 Å². The van der Waals surface area contributed by atoms with Gasteiger partial charge in [0, 0.05) is 29.6 Å². The lowest BCUT2D eigenvalue weighted by atomic mass is 9.83. The molecule has 0 N–H and O–H groups in total. The first-order valence-electron chi connectivity index (χ1n) is 10.4. The summed E-state index contributed by atoms with van der Waals surface area (Å²) in [5.74, 6) is -2.12. The van der Waals surface area contributed by atoms with E-state index >= 15 is 0 Å². The molecule has 31 heavy (non-hydrogen) atoms. The zero-order valence-electron chi connectivity index (χ0n) is 17.5. The van der Waals surface area contributed by atoms with E-state index in [1.807, 2.05) is 6.07 Å². The summed E-state index contributed by atoms with van der Waals surface area (Å²) < 4.78 is 50.7. The number of carbonyl (C=O) groups excluding carboxylic acids is 1. The van der Waals surface area contributed by atoms with Gasteiger partial charge in [-0.25, -0.2) is 0 Å². The van der Waals surface area contributed by atoms with Crippen molar-refractivity contribution in [1.29, 1.82) is 0 Å². The molecule has 0 amide bonds. The van der Waals surface area contributed by atoms with E-state index in [2.05, 4.69) is 4.90 Å². The maximum absolute atomic E-state index is 13.2. The molecular formula is C23H25ClF3NO3. The average molecular weight is 456 g/mol. The van der Waals surface area contributed by atoms with Crippen molar-refractivity contribution in [2.24, 2.45) is 17.8 Å². The number of Topliss-reactive ketones (excluding diaryl/α,β-unsaturated/α-hetero) is 1. The van der Waals surface area contributed by atoms with E-state index in [0.29, 0.717) is 42.9 Å². The molecule has 168 valence electrons. The van der Waals surface area contributed by atoms with Crippen molar-refractivity contribution in [3.05, 3.63) is 46.0 Å². The number of ketones is 1. The summed E-state index contributed by atoms with van der Waals surface area (Å²) in [4.78, 5) is 15.2. The van der Waals surface area contributed by atoms with Crippen LogP contribution in [0.25, 0.3) is 0 Å². The van der Waals surface area contributed by atoms with E-state index in [0.717, 1.165) is 24.3 Å². The highest BCUT2D eigenvalue weighted by atomic mass is 35.5. The molecule has 2 aliphatic carbocycles. The van der Waals surface area contributed by atoms with Gasteiger partial charge in [-0.05, 0) is 48.1 Å². The Kier molecular flexibility index (Phi) is 6.10. The Morgan fingerprint density at radius 2 is 1.97 bits per heavy atom. The number of halogens is 4. The summed E-state index contributed by atoms with van der Waals surface area (Å²) >= 11 is 6.00. The summed E-state index contributed by atoms with van der Waals surface area (Å²) in [5, 5.41) is -0.211. The number of nitrogens with zero attached hydrogens (tertiary/aromatic N) is 1. The van der Waals surface area contributed by atoms with E-state index in [9.17, 15) is 18.0 Å². The third-order valence-corrected chi connectivity index (χ3v) is 6.66. The van der Waals surface area contributed by atoms with E-state index in [-0.39, 0.29) is 16.7 Å². The molecule has 1 saturated heterocycles. The Hall–Kier alpha value is -1.99. The number of allylic oxidation sites excluding steroid dienone is 4. The summed E-state index contributed by atoms with van der Waals surface area (Å²) in [6, 6.07) is 3.81. The standard InChI is InChI=1S/C23H25ClF3NO3/c1-13-7-14(9-18(24)21(13)23(25,26)27)8-16-10-15-11-19(28-3-5-31-6-4-28)20(30-2)12-17(15)22(16)29/h7,9,11-13,16,21H,3-6,8,10H2,1-2H3. The number of morpholine rings is 1. The fraction of sp³-hybridized carbons (Fsp3) is 0.522. The molecule has 1 heterocycles. The zero-order chi connectivity index (χ0) is 22.3. The summed E-state index contributed by atoms with van der Waals surface area (Å²) in [5.41, 5.74) is 3.21. The molecule has 8 heteroatoms. The van der Waals surface area contributed by atoms with E-state index in [1.54, 1.807) is 19.3 Å². The quantitative estimate of drug-likeness (QED) is 0.629. The van der Waals surface area contributed by atoms with Crippen molar-refractivity contribution < 1.29 is 27.4 Å². The number of hydrogen-bond donors (Lipinski definition) is 0. The molecule has 0 aromatic heterocycles. The second-order valence-corrected chi connectivity index (χ2v) is 8.84. The highest BCUT2D eigenvalue weighted by Crippen LogP contribution is 2.45. The van der Waals surface area contributed by atoms with Crippen molar-refractivity contribution >= 4 is 23.1 Å². The van der Waals surface area contributed by atoms with Crippen LogP contribution in [0.3, 0.4) is 0 Å². The van der Waals surface area contributed by atoms with Crippen LogP contribution in [0, 0.1) is 17.8 Å². The molecule has 0 radical (unpaired) electrons. The summed E-state index contributed by atoms with van der Waals surface area (Å²) in [7, 11) is 1.58. The minimum atomic E-state index is -4.39. The minimum absolute atomic E-state index is 0.00199.